The van der Waals surface area contributed by atoms with Gasteiger partial charge < -0.3 is 25.4 Å². The van der Waals surface area contributed by atoms with Crippen molar-refractivity contribution in [1.29, 1.82) is 0 Å². The Balaban J connectivity index is 1.94. The van der Waals surface area contributed by atoms with Gasteiger partial charge in [-0.1, -0.05) is 43.3 Å². The van der Waals surface area contributed by atoms with E-state index >= 15 is 0 Å². The van der Waals surface area contributed by atoms with Crippen molar-refractivity contribution < 1.29 is 9.84 Å². The summed E-state index contributed by atoms with van der Waals surface area (Å²) in [7, 11) is 2.12. The van der Waals surface area contributed by atoms with Crippen LogP contribution in [0, 0.1) is 0 Å². The zero-order valence-corrected chi connectivity index (χ0v) is 19.6. The van der Waals surface area contributed by atoms with E-state index in [1.54, 1.807) is 0 Å². The van der Waals surface area contributed by atoms with Crippen molar-refractivity contribution >= 4 is 5.96 Å². The number of nitrogens with zero attached hydrogens (tertiary/aromatic N) is 2. The normalized spacial score (nSPS) is 12.8. The first-order valence-corrected chi connectivity index (χ1v) is 11.1. The Morgan fingerprint density at radius 3 is 2.42 bits per heavy atom. The van der Waals surface area contributed by atoms with Gasteiger partial charge in [0, 0.05) is 19.6 Å². The lowest BCUT2D eigenvalue weighted by Gasteiger charge is -2.17. The first kappa shape index (κ1) is 24.7. The Bertz CT molecular complexity index is 805. The number of hydrogen-bond acceptors (Lipinski definition) is 4. The van der Waals surface area contributed by atoms with Crippen LogP contribution in [0.1, 0.15) is 50.5 Å². The molecule has 0 aliphatic rings. The molecule has 0 aliphatic heterocycles. The van der Waals surface area contributed by atoms with Gasteiger partial charge in [0.05, 0.1) is 18.8 Å². The average molecular weight is 427 g/mol. The molecule has 31 heavy (non-hydrogen) atoms. The van der Waals surface area contributed by atoms with E-state index in [0.29, 0.717) is 19.0 Å². The Kier molecular flexibility index (Phi) is 10.3. The van der Waals surface area contributed by atoms with Gasteiger partial charge in [-0.2, -0.15) is 0 Å². The Morgan fingerprint density at radius 2 is 1.77 bits per heavy atom. The van der Waals surface area contributed by atoms with Crippen LogP contribution in [0.5, 0.6) is 5.75 Å². The fourth-order valence-electron chi connectivity index (χ4n) is 3.11. The topological polar surface area (TPSA) is 69.1 Å². The third kappa shape index (κ3) is 8.99. The van der Waals surface area contributed by atoms with Gasteiger partial charge in [-0.05, 0) is 63.2 Å². The number of rotatable bonds is 11. The smallest absolute Gasteiger partial charge is 0.191 e. The molecule has 6 heteroatoms. The van der Waals surface area contributed by atoms with Crippen molar-refractivity contribution in [1.82, 2.24) is 15.5 Å². The minimum atomic E-state index is -0.634. The summed E-state index contributed by atoms with van der Waals surface area (Å²) < 4.78 is 5.66. The monoisotopic (exact) mass is 426 g/mol. The molecule has 1 atom stereocenters. The SMILES string of the molecule is CCNC(=NCc1cccc(CN(C)CC)c1)NCC(O)c1ccc(OC(C)C)cc1. The molecule has 0 saturated heterocycles. The number of aliphatic hydroxyl groups excluding tert-OH is 1. The average Bonchev–Trinajstić information content (AvgIpc) is 2.75. The predicted octanol–water partition coefficient (Wildman–Crippen LogP) is 3.71. The van der Waals surface area contributed by atoms with Crippen molar-refractivity contribution in [3.8, 4) is 5.75 Å². The Morgan fingerprint density at radius 1 is 1.06 bits per heavy atom. The summed E-state index contributed by atoms with van der Waals surface area (Å²) in [6.07, 6.45) is -0.505. The van der Waals surface area contributed by atoms with E-state index in [1.165, 1.54) is 11.1 Å². The molecule has 2 rings (SSSR count). The van der Waals surface area contributed by atoms with E-state index in [2.05, 4.69) is 58.8 Å². The van der Waals surface area contributed by atoms with Crippen molar-refractivity contribution in [2.24, 2.45) is 4.99 Å². The molecule has 2 aromatic carbocycles. The molecule has 0 aliphatic carbocycles. The van der Waals surface area contributed by atoms with Crippen molar-refractivity contribution in [2.45, 2.75) is 53.0 Å². The standard InChI is InChI=1S/C25H38N4O2/c1-6-26-25(27-16-20-9-8-10-21(15-20)18-29(5)7-2)28-17-24(30)22-11-13-23(14-12-22)31-19(3)4/h8-15,19,24,30H,6-7,16-18H2,1-5H3,(H2,26,27,28). The molecule has 0 bridgehead atoms. The van der Waals surface area contributed by atoms with Gasteiger partial charge in [0.2, 0.25) is 0 Å². The Hall–Kier alpha value is -2.57. The van der Waals surface area contributed by atoms with E-state index in [9.17, 15) is 5.11 Å². The summed E-state index contributed by atoms with van der Waals surface area (Å²) in [6, 6.07) is 16.1. The molecular formula is C25H38N4O2. The van der Waals surface area contributed by atoms with Crippen LogP contribution in [0.3, 0.4) is 0 Å². The van der Waals surface area contributed by atoms with E-state index in [1.807, 2.05) is 45.0 Å². The maximum absolute atomic E-state index is 10.5. The van der Waals surface area contributed by atoms with Gasteiger partial charge in [-0.15, -0.1) is 0 Å². The highest BCUT2D eigenvalue weighted by Crippen LogP contribution is 2.18. The lowest BCUT2D eigenvalue weighted by molar-refractivity contribution is 0.180. The number of hydrogen-bond donors (Lipinski definition) is 3. The zero-order chi connectivity index (χ0) is 22.6. The Labute approximate surface area is 187 Å². The van der Waals surface area contributed by atoms with E-state index in [4.69, 9.17) is 4.74 Å². The van der Waals surface area contributed by atoms with E-state index in [0.717, 1.165) is 30.9 Å². The van der Waals surface area contributed by atoms with Crippen molar-refractivity contribution in [3.63, 3.8) is 0 Å². The lowest BCUT2D eigenvalue weighted by Crippen LogP contribution is -2.39. The molecule has 0 aromatic heterocycles. The first-order valence-electron chi connectivity index (χ1n) is 11.1. The molecule has 0 saturated carbocycles. The molecule has 0 radical (unpaired) electrons. The van der Waals surface area contributed by atoms with Crippen LogP contribution in [-0.4, -0.2) is 48.8 Å². The second kappa shape index (κ2) is 13.0. The third-order valence-electron chi connectivity index (χ3n) is 4.85. The second-order valence-corrected chi connectivity index (χ2v) is 7.98. The van der Waals surface area contributed by atoms with Crippen LogP contribution in [0.25, 0.3) is 0 Å². The molecule has 0 heterocycles. The summed E-state index contributed by atoms with van der Waals surface area (Å²) in [5.74, 6) is 1.50. The summed E-state index contributed by atoms with van der Waals surface area (Å²) >= 11 is 0. The number of nitrogens with one attached hydrogen (secondary N) is 2. The quantitative estimate of drug-likeness (QED) is 0.377. The van der Waals surface area contributed by atoms with E-state index in [-0.39, 0.29) is 6.10 Å². The van der Waals surface area contributed by atoms with Crippen molar-refractivity contribution in [2.75, 3.05) is 26.7 Å². The van der Waals surface area contributed by atoms with Gasteiger partial charge in [-0.3, -0.25) is 0 Å². The van der Waals surface area contributed by atoms with Crippen LogP contribution < -0.4 is 15.4 Å². The number of guanidine groups is 1. The summed E-state index contributed by atoms with van der Waals surface area (Å²) in [5.41, 5.74) is 3.29. The van der Waals surface area contributed by atoms with Crippen LogP contribution in [0.15, 0.2) is 53.5 Å². The minimum Gasteiger partial charge on any atom is -0.491 e. The van der Waals surface area contributed by atoms with Gasteiger partial charge in [-0.25, -0.2) is 4.99 Å². The molecule has 0 fully saturated rings. The molecule has 6 nitrogen and oxygen atoms in total. The molecular weight excluding hydrogens is 388 g/mol. The highest BCUT2D eigenvalue weighted by Gasteiger charge is 2.09. The first-order chi connectivity index (χ1) is 14.9. The number of ether oxygens (including phenoxy) is 1. The summed E-state index contributed by atoms with van der Waals surface area (Å²) in [6.45, 7) is 11.8. The second-order valence-electron chi connectivity index (χ2n) is 7.98. The highest BCUT2D eigenvalue weighted by atomic mass is 16.5. The van der Waals surface area contributed by atoms with Crippen molar-refractivity contribution in [3.05, 3.63) is 65.2 Å². The summed E-state index contributed by atoms with van der Waals surface area (Å²) in [5, 5.41) is 17.0. The molecule has 170 valence electrons. The van der Waals surface area contributed by atoms with Gasteiger partial charge in [0.15, 0.2) is 5.96 Å². The van der Waals surface area contributed by atoms with Gasteiger partial charge in [0.1, 0.15) is 5.75 Å². The predicted molar refractivity (Wildman–Crippen MR) is 128 cm³/mol. The van der Waals surface area contributed by atoms with Gasteiger partial charge >= 0.3 is 0 Å². The number of aliphatic imine (C=N–C) groups is 1. The number of aliphatic hydroxyl groups is 1. The summed E-state index contributed by atoms with van der Waals surface area (Å²) in [4.78, 5) is 6.96. The highest BCUT2D eigenvalue weighted by molar-refractivity contribution is 5.79. The number of benzene rings is 2. The van der Waals surface area contributed by atoms with Crippen LogP contribution in [0.2, 0.25) is 0 Å². The minimum absolute atomic E-state index is 0.129. The third-order valence-corrected chi connectivity index (χ3v) is 4.85. The maximum atomic E-state index is 10.5. The van der Waals surface area contributed by atoms with Crippen LogP contribution >= 0.6 is 0 Å². The molecule has 0 spiro atoms. The molecule has 2 aromatic rings. The zero-order valence-electron chi connectivity index (χ0n) is 19.6. The molecule has 3 N–H and O–H groups in total. The fraction of sp³-hybridized carbons (Fsp3) is 0.480. The van der Waals surface area contributed by atoms with Crippen LogP contribution in [-0.2, 0) is 13.1 Å². The van der Waals surface area contributed by atoms with E-state index < -0.39 is 6.10 Å². The molecule has 0 amide bonds. The largest absolute Gasteiger partial charge is 0.491 e. The van der Waals surface area contributed by atoms with Crippen LogP contribution in [0.4, 0.5) is 0 Å². The fourth-order valence-corrected chi connectivity index (χ4v) is 3.11. The lowest BCUT2D eigenvalue weighted by atomic mass is 10.1. The maximum Gasteiger partial charge on any atom is 0.191 e. The van der Waals surface area contributed by atoms with Gasteiger partial charge in [0.25, 0.3) is 0 Å². The molecule has 1 unspecified atom stereocenters.